The molecule has 144 valence electrons. The Morgan fingerprint density at radius 1 is 1.35 bits per heavy atom. The van der Waals surface area contributed by atoms with Crippen LogP contribution >= 0.6 is 0 Å². The molecule has 26 heavy (non-hydrogen) atoms. The van der Waals surface area contributed by atoms with Crippen molar-refractivity contribution in [2.24, 2.45) is 0 Å². The smallest absolute Gasteiger partial charge is 0.409 e. The van der Waals surface area contributed by atoms with Crippen LogP contribution in [0.1, 0.15) is 36.7 Å². The normalized spacial score (nSPS) is 14.8. The van der Waals surface area contributed by atoms with Crippen LogP contribution < -0.4 is 10.6 Å². The SMILES string of the molecule is CCOC(=O)N1CCC(NC(=O)c2ccnc(NCCCOC)n2)CC1. The van der Waals surface area contributed by atoms with E-state index in [0.29, 0.717) is 57.3 Å². The highest BCUT2D eigenvalue weighted by atomic mass is 16.6. The summed E-state index contributed by atoms with van der Waals surface area (Å²) in [5, 5.41) is 6.04. The van der Waals surface area contributed by atoms with Crippen LogP contribution in [0.2, 0.25) is 0 Å². The minimum Gasteiger partial charge on any atom is -0.450 e. The Labute approximate surface area is 153 Å². The first-order valence-corrected chi connectivity index (χ1v) is 8.92. The minimum atomic E-state index is -0.294. The molecular formula is C17H27N5O4. The fourth-order valence-electron chi connectivity index (χ4n) is 2.67. The number of methoxy groups -OCH3 is 1. The van der Waals surface area contributed by atoms with Gasteiger partial charge in [-0.3, -0.25) is 4.79 Å². The molecule has 1 fully saturated rings. The van der Waals surface area contributed by atoms with E-state index in [-0.39, 0.29) is 18.0 Å². The third-order valence-corrected chi connectivity index (χ3v) is 4.05. The predicted octanol–water partition coefficient (Wildman–Crippen LogP) is 1.28. The summed E-state index contributed by atoms with van der Waals surface area (Å²) in [6, 6.07) is 1.60. The lowest BCUT2D eigenvalue weighted by Crippen LogP contribution is -2.46. The van der Waals surface area contributed by atoms with Gasteiger partial charge in [0.2, 0.25) is 5.95 Å². The number of nitrogens with one attached hydrogen (secondary N) is 2. The summed E-state index contributed by atoms with van der Waals surface area (Å²) < 4.78 is 9.98. The number of nitrogens with zero attached hydrogens (tertiary/aromatic N) is 3. The molecule has 0 radical (unpaired) electrons. The molecule has 1 aliphatic rings. The minimum absolute atomic E-state index is 0.0150. The molecule has 2 amide bonds. The molecule has 0 bridgehead atoms. The Morgan fingerprint density at radius 2 is 2.12 bits per heavy atom. The van der Waals surface area contributed by atoms with Crippen LogP contribution in [0.3, 0.4) is 0 Å². The Morgan fingerprint density at radius 3 is 2.81 bits per heavy atom. The first-order valence-electron chi connectivity index (χ1n) is 8.92. The number of ether oxygens (including phenoxy) is 2. The van der Waals surface area contributed by atoms with Crippen LogP contribution in [0.5, 0.6) is 0 Å². The molecule has 0 atom stereocenters. The molecular weight excluding hydrogens is 338 g/mol. The molecule has 2 N–H and O–H groups in total. The molecule has 1 aromatic heterocycles. The number of aromatic nitrogens is 2. The van der Waals surface area contributed by atoms with Crippen LogP contribution in [-0.2, 0) is 9.47 Å². The average molecular weight is 365 g/mol. The molecule has 0 aromatic carbocycles. The number of piperidine rings is 1. The lowest BCUT2D eigenvalue weighted by atomic mass is 10.1. The van der Waals surface area contributed by atoms with Crippen LogP contribution in [0, 0.1) is 0 Å². The Balaban J connectivity index is 1.80. The topological polar surface area (TPSA) is 106 Å². The van der Waals surface area contributed by atoms with E-state index < -0.39 is 0 Å². The van der Waals surface area contributed by atoms with Crippen LogP contribution in [0.4, 0.5) is 10.7 Å². The maximum absolute atomic E-state index is 12.4. The quantitative estimate of drug-likeness (QED) is 0.668. The van der Waals surface area contributed by atoms with Gasteiger partial charge >= 0.3 is 6.09 Å². The highest BCUT2D eigenvalue weighted by molar-refractivity contribution is 5.92. The highest BCUT2D eigenvalue weighted by Crippen LogP contribution is 2.12. The summed E-state index contributed by atoms with van der Waals surface area (Å²) in [6.45, 7) is 4.61. The van der Waals surface area contributed by atoms with Crippen LogP contribution in [0.15, 0.2) is 12.3 Å². The second-order valence-electron chi connectivity index (χ2n) is 5.97. The second kappa shape index (κ2) is 10.5. The van der Waals surface area contributed by atoms with Crippen molar-refractivity contribution in [1.29, 1.82) is 0 Å². The third-order valence-electron chi connectivity index (χ3n) is 4.05. The maximum atomic E-state index is 12.4. The summed E-state index contributed by atoms with van der Waals surface area (Å²) in [5.74, 6) is 0.188. The largest absolute Gasteiger partial charge is 0.450 e. The number of likely N-dealkylation sites (tertiary alicyclic amines) is 1. The number of amides is 2. The molecule has 1 aliphatic heterocycles. The molecule has 9 nitrogen and oxygen atoms in total. The van der Waals surface area contributed by atoms with E-state index in [9.17, 15) is 9.59 Å². The van der Waals surface area contributed by atoms with Crippen molar-refractivity contribution < 1.29 is 19.1 Å². The first kappa shape index (κ1) is 19.9. The van der Waals surface area contributed by atoms with Gasteiger partial charge in [0.1, 0.15) is 5.69 Å². The van der Waals surface area contributed by atoms with Gasteiger partial charge in [0.05, 0.1) is 6.61 Å². The summed E-state index contributed by atoms with van der Waals surface area (Å²) >= 11 is 0. The molecule has 0 aliphatic carbocycles. The van der Waals surface area contributed by atoms with E-state index in [1.807, 2.05) is 0 Å². The molecule has 1 saturated heterocycles. The first-order chi connectivity index (χ1) is 12.6. The van der Waals surface area contributed by atoms with Gasteiger partial charge in [-0.15, -0.1) is 0 Å². The van der Waals surface area contributed by atoms with Gasteiger partial charge in [0, 0.05) is 45.6 Å². The molecule has 2 heterocycles. The van der Waals surface area contributed by atoms with E-state index in [1.165, 1.54) is 0 Å². The highest BCUT2D eigenvalue weighted by Gasteiger charge is 2.25. The summed E-state index contributed by atoms with van der Waals surface area (Å²) in [7, 11) is 1.65. The number of hydrogen-bond donors (Lipinski definition) is 2. The van der Waals surface area contributed by atoms with Gasteiger partial charge in [0.15, 0.2) is 0 Å². The monoisotopic (exact) mass is 365 g/mol. The Hall–Kier alpha value is -2.42. The lowest BCUT2D eigenvalue weighted by molar-refractivity contribution is 0.0856. The third kappa shape index (κ3) is 6.14. The summed E-state index contributed by atoms with van der Waals surface area (Å²) in [4.78, 5) is 34.1. The Kier molecular flexibility index (Phi) is 8.07. The summed E-state index contributed by atoms with van der Waals surface area (Å²) in [5.41, 5.74) is 0.321. The average Bonchev–Trinajstić information content (AvgIpc) is 2.66. The predicted molar refractivity (Wildman–Crippen MR) is 96.1 cm³/mol. The van der Waals surface area contributed by atoms with E-state index in [0.717, 1.165) is 6.42 Å². The second-order valence-corrected chi connectivity index (χ2v) is 5.97. The van der Waals surface area contributed by atoms with E-state index >= 15 is 0 Å². The molecule has 1 aromatic rings. The van der Waals surface area contributed by atoms with Gasteiger partial charge in [-0.1, -0.05) is 0 Å². The number of anilines is 1. The molecule has 0 saturated carbocycles. The van der Waals surface area contributed by atoms with Gasteiger partial charge in [-0.05, 0) is 32.3 Å². The van der Waals surface area contributed by atoms with E-state index in [1.54, 1.807) is 31.2 Å². The van der Waals surface area contributed by atoms with Crippen molar-refractivity contribution in [2.75, 3.05) is 45.3 Å². The van der Waals surface area contributed by atoms with Gasteiger partial charge in [-0.25, -0.2) is 14.8 Å². The maximum Gasteiger partial charge on any atom is 0.409 e. The Bertz CT molecular complexity index is 590. The van der Waals surface area contributed by atoms with Gasteiger partial charge in [0.25, 0.3) is 5.91 Å². The number of hydrogen-bond acceptors (Lipinski definition) is 7. The number of rotatable bonds is 8. The molecule has 0 unspecified atom stereocenters. The van der Waals surface area contributed by atoms with Crippen molar-refractivity contribution in [3.63, 3.8) is 0 Å². The molecule has 2 rings (SSSR count). The molecule has 0 spiro atoms. The van der Waals surface area contributed by atoms with Crippen molar-refractivity contribution in [2.45, 2.75) is 32.2 Å². The van der Waals surface area contributed by atoms with Crippen molar-refractivity contribution in [1.82, 2.24) is 20.2 Å². The standard InChI is InChI=1S/C17H27N5O4/c1-3-26-17(24)22-10-6-13(7-11-22)20-15(23)14-5-9-19-16(21-14)18-8-4-12-25-2/h5,9,13H,3-4,6-8,10-12H2,1-2H3,(H,20,23)(H,18,19,21). The van der Waals surface area contributed by atoms with Crippen LogP contribution in [-0.4, -0.2) is 72.9 Å². The fraction of sp³-hybridized carbons (Fsp3) is 0.647. The zero-order chi connectivity index (χ0) is 18.8. The van der Waals surface area contributed by atoms with E-state index in [2.05, 4.69) is 20.6 Å². The van der Waals surface area contributed by atoms with Crippen molar-refractivity contribution in [3.05, 3.63) is 18.0 Å². The summed E-state index contributed by atoms with van der Waals surface area (Å²) in [6.07, 6.45) is 3.48. The molecule has 9 heteroatoms. The van der Waals surface area contributed by atoms with Crippen molar-refractivity contribution in [3.8, 4) is 0 Å². The van der Waals surface area contributed by atoms with Gasteiger partial charge < -0.3 is 25.0 Å². The van der Waals surface area contributed by atoms with Crippen LogP contribution in [0.25, 0.3) is 0 Å². The lowest BCUT2D eigenvalue weighted by Gasteiger charge is -2.31. The number of carbonyl (C=O) groups excluding carboxylic acids is 2. The zero-order valence-electron chi connectivity index (χ0n) is 15.4. The fourth-order valence-corrected chi connectivity index (χ4v) is 2.67. The zero-order valence-corrected chi connectivity index (χ0v) is 15.4. The number of carbonyl (C=O) groups is 2. The van der Waals surface area contributed by atoms with Gasteiger partial charge in [-0.2, -0.15) is 0 Å². The van der Waals surface area contributed by atoms with Crippen molar-refractivity contribution >= 4 is 17.9 Å². The van der Waals surface area contributed by atoms with E-state index in [4.69, 9.17) is 9.47 Å².